The zero-order chi connectivity index (χ0) is 12.4. The highest BCUT2D eigenvalue weighted by Crippen LogP contribution is 2.16. The van der Waals surface area contributed by atoms with Gasteiger partial charge in [0.15, 0.2) is 0 Å². The second-order valence-electron chi connectivity index (χ2n) is 4.52. The molecule has 3 aromatic rings. The number of aromatic amines is 1. The van der Waals surface area contributed by atoms with Gasteiger partial charge in [-0.1, -0.05) is 6.07 Å². The third-order valence-corrected chi connectivity index (χ3v) is 3.20. The summed E-state index contributed by atoms with van der Waals surface area (Å²) in [6.07, 6.45) is 3.67. The Labute approximate surface area is 106 Å². The van der Waals surface area contributed by atoms with Crippen molar-refractivity contribution >= 4 is 10.9 Å². The summed E-state index contributed by atoms with van der Waals surface area (Å²) in [5.41, 5.74) is 2.46. The van der Waals surface area contributed by atoms with Crippen molar-refractivity contribution in [3.05, 3.63) is 60.2 Å². The third-order valence-electron chi connectivity index (χ3n) is 3.20. The minimum Gasteiger partial charge on any atom is -0.468 e. The first-order chi connectivity index (χ1) is 8.83. The Morgan fingerprint density at radius 3 is 3.06 bits per heavy atom. The van der Waals surface area contributed by atoms with Crippen LogP contribution >= 0.6 is 0 Å². The molecule has 0 radical (unpaired) electrons. The third kappa shape index (κ3) is 2.17. The normalized spacial score (nSPS) is 12.9. The van der Waals surface area contributed by atoms with E-state index >= 15 is 0 Å². The molecule has 1 atom stereocenters. The maximum atomic E-state index is 5.37. The molecule has 0 saturated carbocycles. The van der Waals surface area contributed by atoms with Crippen LogP contribution in [-0.4, -0.2) is 4.98 Å². The number of aromatic nitrogens is 1. The van der Waals surface area contributed by atoms with E-state index < -0.39 is 0 Å². The minimum atomic E-state index is 0.224. The monoisotopic (exact) mass is 240 g/mol. The SMILES string of the molecule is CC(NCc1ccc2[nH]ccc2c1)c1ccco1. The number of H-pyrrole nitrogens is 1. The molecule has 1 unspecified atom stereocenters. The van der Waals surface area contributed by atoms with Crippen LogP contribution < -0.4 is 5.32 Å². The second kappa shape index (κ2) is 4.70. The van der Waals surface area contributed by atoms with Gasteiger partial charge in [-0.25, -0.2) is 0 Å². The lowest BCUT2D eigenvalue weighted by Crippen LogP contribution is -2.17. The van der Waals surface area contributed by atoms with Crippen LogP contribution in [0.25, 0.3) is 10.9 Å². The van der Waals surface area contributed by atoms with Crippen molar-refractivity contribution in [2.24, 2.45) is 0 Å². The van der Waals surface area contributed by atoms with Crippen LogP contribution in [0.5, 0.6) is 0 Å². The summed E-state index contributed by atoms with van der Waals surface area (Å²) in [6.45, 7) is 2.94. The van der Waals surface area contributed by atoms with E-state index in [1.54, 1.807) is 6.26 Å². The van der Waals surface area contributed by atoms with Gasteiger partial charge in [0.25, 0.3) is 0 Å². The average Bonchev–Trinajstić information content (AvgIpc) is 3.05. The highest BCUT2D eigenvalue weighted by Gasteiger charge is 2.07. The lowest BCUT2D eigenvalue weighted by Gasteiger charge is -2.11. The summed E-state index contributed by atoms with van der Waals surface area (Å²) in [4.78, 5) is 3.20. The Morgan fingerprint density at radius 1 is 1.28 bits per heavy atom. The highest BCUT2D eigenvalue weighted by atomic mass is 16.3. The molecule has 0 aliphatic heterocycles. The molecule has 18 heavy (non-hydrogen) atoms. The molecule has 0 saturated heterocycles. The van der Waals surface area contributed by atoms with Gasteiger partial charge in [0.1, 0.15) is 5.76 Å². The van der Waals surface area contributed by atoms with Gasteiger partial charge < -0.3 is 14.7 Å². The van der Waals surface area contributed by atoms with Gasteiger partial charge >= 0.3 is 0 Å². The van der Waals surface area contributed by atoms with Crippen molar-refractivity contribution in [1.29, 1.82) is 0 Å². The number of fused-ring (bicyclic) bond motifs is 1. The molecule has 0 aliphatic carbocycles. The first kappa shape index (κ1) is 11.1. The molecule has 0 bridgehead atoms. The first-order valence-electron chi connectivity index (χ1n) is 6.16. The van der Waals surface area contributed by atoms with Gasteiger partial charge in [-0.05, 0) is 48.2 Å². The van der Waals surface area contributed by atoms with Crippen molar-refractivity contribution < 1.29 is 4.42 Å². The minimum absolute atomic E-state index is 0.224. The summed E-state index contributed by atoms with van der Waals surface area (Å²) < 4.78 is 5.37. The quantitative estimate of drug-likeness (QED) is 0.731. The number of hydrogen-bond acceptors (Lipinski definition) is 2. The summed E-state index contributed by atoms with van der Waals surface area (Å²) in [7, 11) is 0. The van der Waals surface area contributed by atoms with Crippen molar-refractivity contribution in [2.45, 2.75) is 19.5 Å². The lowest BCUT2D eigenvalue weighted by molar-refractivity contribution is 0.430. The van der Waals surface area contributed by atoms with E-state index in [1.165, 1.54) is 16.5 Å². The van der Waals surface area contributed by atoms with Crippen LogP contribution in [0.15, 0.2) is 53.3 Å². The molecule has 3 nitrogen and oxygen atoms in total. The molecule has 2 N–H and O–H groups in total. The maximum absolute atomic E-state index is 5.37. The number of benzene rings is 1. The fraction of sp³-hybridized carbons (Fsp3) is 0.200. The molecule has 1 aromatic carbocycles. The number of nitrogens with one attached hydrogen (secondary N) is 2. The van der Waals surface area contributed by atoms with E-state index in [1.807, 2.05) is 18.3 Å². The fourth-order valence-electron chi connectivity index (χ4n) is 2.12. The van der Waals surface area contributed by atoms with Gasteiger partial charge in [-0.3, -0.25) is 0 Å². The molecular formula is C15H16N2O. The van der Waals surface area contributed by atoms with Crippen LogP contribution in [0.4, 0.5) is 0 Å². The fourth-order valence-corrected chi connectivity index (χ4v) is 2.12. The summed E-state index contributed by atoms with van der Waals surface area (Å²) in [5, 5.41) is 4.70. The maximum Gasteiger partial charge on any atom is 0.120 e. The van der Waals surface area contributed by atoms with Gasteiger partial charge in [-0.2, -0.15) is 0 Å². The van der Waals surface area contributed by atoms with Gasteiger partial charge in [0.05, 0.1) is 12.3 Å². The molecule has 0 spiro atoms. The van der Waals surface area contributed by atoms with Crippen molar-refractivity contribution in [3.8, 4) is 0 Å². The molecule has 3 heteroatoms. The van der Waals surface area contributed by atoms with Crippen LogP contribution in [-0.2, 0) is 6.54 Å². The summed E-state index contributed by atoms with van der Waals surface area (Å²) in [6, 6.07) is 12.7. The van der Waals surface area contributed by atoms with E-state index in [9.17, 15) is 0 Å². The van der Waals surface area contributed by atoms with E-state index in [0.29, 0.717) is 0 Å². The van der Waals surface area contributed by atoms with Crippen LogP contribution in [0, 0.1) is 0 Å². The topological polar surface area (TPSA) is 41.0 Å². The van der Waals surface area contributed by atoms with Crippen molar-refractivity contribution in [1.82, 2.24) is 10.3 Å². The molecular weight excluding hydrogens is 224 g/mol. The molecule has 2 aromatic heterocycles. The molecule has 2 heterocycles. The van der Waals surface area contributed by atoms with Crippen LogP contribution in [0.1, 0.15) is 24.3 Å². The standard InChI is InChI=1S/C15H16N2O/c1-11(15-3-2-8-18-15)17-10-12-4-5-14-13(9-12)6-7-16-14/h2-9,11,16-17H,10H2,1H3. The Morgan fingerprint density at radius 2 is 2.22 bits per heavy atom. The van der Waals surface area contributed by atoms with E-state index in [0.717, 1.165) is 12.3 Å². The van der Waals surface area contributed by atoms with Gasteiger partial charge in [0.2, 0.25) is 0 Å². The van der Waals surface area contributed by atoms with E-state index in [4.69, 9.17) is 4.42 Å². The zero-order valence-electron chi connectivity index (χ0n) is 10.3. The first-order valence-corrected chi connectivity index (χ1v) is 6.16. The molecule has 92 valence electrons. The summed E-state index contributed by atoms with van der Waals surface area (Å²) in [5.74, 6) is 0.970. The molecule has 0 amide bonds. The Balaban J connectivity index is 1.69. The smallest absolute Gasteiger partial charge is 0.120 e. The van der Waals surface area contributed by atoms with Crippen LogP contribution in [0.3, 0.4) is 0 Å². The average molecular weight is 240 g/mol. The van der Waals surface area contributed by atoms with Crippen LogP contribution in [0.2, 0.25) is 0 Å². The zero-order valence-corrected chi connectivity index (χ0v) is 10.3. The highest BCUT2D eigenvalue weighted by molar-refractivity contribution is 5.79. The molecule has 0 aliphatic rings. The lowest BCUT2D eigenvalue weighted by atomic mass is 10.1. The number of hydrogen-bond donors (Lipinski definition) is 2. The van der Waals surface area contributed by atoms with E-state index in [2.05, 4.69) is 41.5 Å². The number of rotatable bonds is 4. The Hall–Kier alpha value is -2.00. The van der Waals surface area contributed by atoms with Crippen molar-refractivity contribution in [2.75, 3.05) is 0 Å². The van der Waals surface area contributed by atoms with Gasteiger partial charge in [-0.15, -0.1) is 0 Å². The Kier molecular flexibility index (Phi) is 2.90. The van der Waals surface area contributed by atoms with Gasteiger partial charge in [0, 0.05) is 18.3 Å². The van der Waals surface area contributed by atoms with Crippen molar-refractivity contribution in [3.63, 3.8) is 0 Å². The second-order valence-corrected chi connectivity index (χ2v) is 4.52. The summed E-state index contributed by atoms with van der Waals surface area (Å²) >= 11 is 0. The molecule has 3 rings (SSSR count). The molecule has 0 fully saturated rings. The largest absolute Gasteiger partial charge is 0.468 e. The predicted molar refractivity (Wildman–Crippen MR) is 72.3 cm³/mol. The van der Waals surface area contributed by atoms with E-state index in [-0.39, 0.29) is 6.04 Å². The Bertz CT molecular complexity index is 625. The number of furan rings is 1. The predicted octanol–water partition coefficient (Wildman–Crippen LogP) is 3.61.